The lowest BCUT2D eigenvalue weighted by Crippen LogP contribution is -2.25. The fourth-order valence-electron chi connectivity index (χ4n) is 4.77. The van der Waals surface area contributed by atoms with Crippen LogP contribution in [0.25, 0.3) is 16.8 Å². The Morgan fingerprint density at radius 2 is 1.79 bits per heavy atom. The summed E-state index contributed by atoms with van der Waals surface area (Å²) in [6.07, 6.45) is 1.28. The maximum absolute atomic E-state index is 13.6. The van der Waals surface area contributed by atoms with Gasteiger partial charge in [-0.15, -0.1) is 0 Å². The summed E-state index contributed by atoms with van der Waals surface area (Å²) in [6.45, 7) is 6.22. The lowest BCUT2D eigenvalue weighted by Gasteiger charge is -2.31. The molecule has 1 saturated carbocycles. The van der Waals surface area contributed by atoms with E-state index in [2.05, 4.69) is 17.5 Å². The van der Waals surface area contributed by atoms with E-state index in [1.54, 1.807) is 24.3 Å². The number of benzene rings is 3. The molecule has 0 bridgehead atoms. The smallest absolute Gasteiger partial charge is 0.248 e. The number of piperidine rings is 1. The maximum atomic E-state index is 13.6. The second kappa shape index (κ2) is 8.64. The molecule has 7 heteroatoms. The third-order valence-electron chi connectivity index (χ3n) is 6.87. The van der Waals surface area contributed by atoms with Gasteiger partial charge in [-0.3, -0.25) is 4.79 Å². The molecule has 1 saturated heterocycles. The van der Waals surface area contributed by atoms with Crippen molar-refractivity contribution in [2.75, 3.05) is 29.9 Å². The third-order valence-corrected chi connectivity index (χ3v) is 7.51. The molecule has 34 heavy (non-hydrogen) atoms. The summed E-state index contributed by atoms with van der Waals surface area (Å²) in [4.78, 5) is 16.1. The fraction of sp³-hybridized carbons (Fsp3) is 0.222. The van der Waals surface area contributed by atoms with E-state index < -0.39 is 5.91 Å². The SMILES string of the molecule is C=C(c1ccc(F)cc1Cl)N(C)c1ccc(-c2cc(C(N)=O)ccc2Cl)cc1N1CC2CC2C1. The summed E-state index contributed by atoms with van der Waals surface area (Å²) in [5, 5.41) is 0.858. The molecule has 1 amide bonds. The van der Waals surface area contributed by atoms with Gasteiger partial charge in [-0.25, -0.2) is 4.39 Å². The molecule has 1 aliphatic heterocycles. The number of nitrogens with zero attached hydrogens (tertiary/aromatic N) is 2. The Hall–Kier alpha value is -3.02. The second-order valence-electron chi connectivity index (χ2n) is 9.05. The van der Waals surface area contributed by atoms with E-state index in [-0.39, 0.29) is 5.82 Å². The molecule has 1 aliphatic carbocycles. The number of halogens is 3. The summed E-state index contributed by atoms with van der Waals surface area (Å²) >= 11 is 12.8. The first-order chi connectivity index (χ1) is 16.2. The first-order valence-corrected chi connectivity index (χ1v) is 11.9. The molecular weight excluding hydrogens is 472 g/mol. The molecule has 2 atom stereocenters. The van der Waals surface area contributed by atoms with E-state index in [0.29, 0.717) is 26.9 Å². The molecule has 4 nitrogen and oxygen atoms in total. The van der Waals surface area contributed by atoms with Crippen LogP contribution in [0.3, 0.4) is 0 Å². The summed E-state index contributed by atoms with van der Waals surface area (Å²) < 4.78 is 13.6. The van der Waals surface area contributed by atoms with Gasteiger partial charge in [-0.05, 0) is 72.4 Å². The molecule has 0 radical (unpaired) electrons. The number of amides is 1. The standard InChI is InChI=1S/C27H24Cl2FN3O/c1-15(21-6-5-20(30)12-24(21)29)32(2)25-8-4-16(11-26(25)33-13-18-9-19(18)14-33)22-10-17(27(31)34)3-7-23(22)28/h3-8,10-12,18-19H,1,9,13-14H2,2H3,(H2,31,34). The molecule has 0 spiro atoms. The molecule has 3 aromatic carbocycles. The zero-order valence-electron chi connectivity index (χ0n) is 18.7. The van der Waals surface area contributed by atoms with Crippen LogP contribution in [-0.2, 0) is 0 Å². The van der Waals surface area contributed by atoms with Crippen LogP contribution in [0.4, 0.5) is 15.8 Å². The van der Waals surface area contributed by atoms with Crippen molar-refractivity contribution in [2.45, 2.75) is 6.42 Å². The normalized spacial score (nSPS) is 18.5. The quantitative estimate of drug-likeness (QED) is 0.426. The number of nitrogens with two attached hydrogens (primary N) is 1. The average molecular weight is 496 g/mol. The van der Waals surface area contributed by atoms with Crippen molar-refractivity contribution < 1.29 is 9.18 Å². The van der Waals surface area contributed by atoms with Gasteiger partial charge in [-0.2, -0.15) is 0 Å². The number of primary amides is 1. The molecule has 174 valence electrons. The maximum Gasteiger partial charge on any atom is 0.248 e. The van der Waals surface area contributed by atoms with Crippen LogP contribution in [0, 0.1) is 17.7 Å². The number of anilines is 2. The molecule has 0 aromatic heterocycles. The number of fused-ring (bicyclic) bond motifs is 1. The van der Waals surface area contributed by atoms with E-state index in [1.165, 1.54) is 18.6 Å². The van der Waals surface area contributed by atoms with E-state index in [0.717, 1.165) is 47.4 Å². The van der Waals surface area contributed by atoms with Crippen LogP contribution in [-0.4, -0.2) is 26.0 Å². The van der Waals surface area contributed by atoms with Crippen molar-refractivity contribution in [2.24, 2.45) is 17.6 Å². The van der Waals surface area contributed by atoms with Gasteiger partial charge in [0.05, 0.1) is 16.4 Å². The number of hydrogen-bond donors (Lipinski definition) is 1. The Morgan fingerprint density at radius 1 is 1.06 bits per heavy atom. The van der Waals surface area contributed by atoms with Crippen molar-refractivity contribution in [1.82, 2.24) is 0 Å². The van der Waals surface area contributed by atoms with Crippen LogP contribution in [0.15, 0.2) is 61.2 Å². The van der Waals surface area contributed by atoms with Gasteiger partial charge in [0, 0.05) is 47.5 Å². The molecule has 2 aliphatic rings. The molecular formula is C27H24Cl2FN3O. The molecule has 2 fully saturated rings. The largest absolute Gasteiger partial charge is 0.369 e. The number of rotatable bonds is 6. The highest BCUT2D eigenvalue weighted by molar-refractivity contribution is 6.33. The van der Waals surface area contributed by atoms with Gasteiger partial charge in [0.2, 0.25) is 5.91 Å². The minimum atomic E-state index is -0.499. The van der Waals surface area contributed by atoms with Crippen LogP contribution in [0.2, 0.25) is 10.0 Å². The minimum Gasteiger partial charge on any atom is -0.369 e. The van der Waals surface area contributed by atoms with E-state index >= 15 is 0 Å². The predicted molar refractivity (Wildman–Crippen MR) is 138 cm³/mol. The molecule has 3 aromatic rings. The highest BCUT2D eigenvalue weighted by atomic mass is 35.5. The first-order valence-electron chi connectivity index (χ1n) is 11.1. The van der Waals surface area contributed by atoms with Gasteiger partial charge in [-0.1, -0.05) is 35.8 Å². The summed E-state index contributed by atoms with van der Waals surface area (Å²) in [7, 11) is 1.93. The van der Waals surface area contributed by atoms with E-state index in [9.17, 15) is 9.18 Å². The molecule has 1 heterocycles. The Labute approximate surface area is 208 Å². The molecule has 2 unspecified atom stereocenters. The van der Waals surface area contributed by atoms with Gasteiger partial charge >= 0.3 is 0 Å². The van der Waals surface area contributed by atoms with Gasteiger partial charge in [0.15, 0.2) is 0 Å². The topological polar surface area (TPSA) is 49.6 Å². The Morgan fingerprint density at radius 3 is 2.47 bits per heavy atom. The minimum absolute atomic E-state index is 0.312. The summed E-state index contributed by atoms with van der Waals surface area (Å²) in [5.41, 5.74) is 10.9. The van der Waals surface area contributed by atoms with Crippen molar-refractivity contribution in [3.05, 3.63) is 88.2 Å². The first kappa shape index (κ1) is 22.8. The molecule has 2 N–H and O–H groups in total. The highest BCUT2D eigenvalue weighted by Crippen LogP contribution is 2.49. The fourth-order valence-corrected chi connectivity index (χ4v) is 5.28. The van der Waals surface area contributed by atoms with Crippen LogP contribution in [0.5, 0.6) is 0 Å². The van der Waals surface area contributed by atoms with E-state index in [1.807, 2.05) is 24.1 Å². The predicted octanol–water partition coefficient (Wildman–Crippen LogP) is 6.46. The summed E-state index contributed by atoms with van der Waals surface area (Å²) in [6, 6.07) is 15.5. The van der Waals surface area contributed by atoms with Crippen LogP contribution in [0.1, 0.15) is 22.3 Å². The number of carbonyl (C=O) groups is 1. The Balaban J connectivity index is 1.57. The zero-order valence-corrected chi connectivity index (χ0v) is 20.2. The van der Waals surface area contributed by atoms with E-state index in [4.69, 9.17) is 28.9 Å². The number of carbonyl (C=O) groups excluding carboxylic acids is 1. The van der Waals surface area contributed by atoms with Crippen molar-refractivity contribution in [3.8, 4) is 11.1 Å². The van der Waals surface area contributed by atoms with Crippen molar-refractivity contribution in [3.63, 3.8) is 0 Å². The van der Waals surface area contributed by atoms with Crippen molar-refractivity contribution in [1.29, 1.82) is 0 Å². The lowest BCUT2D eigenvalue weighted by atomic mass is 10.0. The van der Waals surface area contributed by atoms with Crippen LogP contribution < -0.4 is 15.5 Å². The third kappa shape index (κ3) is 4.15. The monoisotopic (exact) mass is 495 g/mol. The second-order valence-corrected chi connectivity index (χ2v) is 9.87. The van der Waals surface area contributed by atoms with Crippen LogP contribution >= 0.6 is 23.2 Å². The molecule has 5 rings (SSSR count). The van der Waals surface area contributed by atoms with Gasteiger partial charge in [0.1, 0.15) is 5.82 Å². The van der Waals surface area contributed by atoms with Gasteiger partial charge < -0.3 is 15.5 Å². The Kier molecular flexibility index (Phi) is 5.78. The van der Waals surface area contributed by atoms with Gasteiger partial charge in [0.25, 0.3) is 0 Å². The summed E-state index contributed by atoms with van der Waals surface area (Å²) in [5.74, 6) is 0.582. The Bertz CT molecular complexity index is 1320. The lowest BCUT2D eigenvalue weighted by molar-refractivity contribution is 0.100. The average Bonchev–Trinajstić information content (AvgIpc) is 3.42. The number of hydrogen-bond acceptors (Lipinski definition) is 3. The zero-order chi connectivity index (χ0) is 24.1. The highest BCUT2D eigenvalue weighted by Gasteiger charge is 2.45. The van der Waals surface area contributed by atoms with Crippen molar-refractivity contribution >= 4 is 46.2 Å².